The summed E-state index contributed by atoms with van der Waals surface area (Å²) in [6.07, 6.45) is 9.32. The minimum absolute atomic E-state index is 0.0975. The molecule has 10 nitrogen and oxygen atoms in total. The van der Waals surface area contributed by atoms with E-state index < -0.39 is 0 Å². The number of nitrogens with zero attached hydrogens (tertiary/aromatic N) is 6. The highest BCUT2D eigenvalue weighted by Gasteiger charge is 2.29. The number of hydrogen-bond donors (Lipinski definition) is 1. The van der Waals surface area contributed by atoms with Crippen LogP contribution in [0, 0.1) is 6.92 Å². The molecule has 0 atom stereocenters. The summed E-state index contributed by atoms with van der Waals surface area (Å²) in [5.41, 5.74) is 1.56. The highest BCUT2D eigenvalue weighted by Crippen LogP contribution is 2.33. The number of rotatable bonds is 6. The molecular formula is C27H33N7O3. The summed E-state index contributed by atoms with van der Waals surface area (Å²) in [5, 5.41) is 4.08. The first-order chi connectivity index (χ1) is 18.0. The van der Waals surface area contributed by atoms with Crippen LogP contribution in [-0.4, -0.2) is 75.6 Å². The van der Waals surface area contributed by atoms with Crippen molar-refractivity contribution in [2.75, 3.05) is 49.6 Å². The van der Waals surface area contributed by atoms with Crippen LogP contribution in [0.25, 0.3) is 10.9 Å². The zero-order valence-corrected chi connectivity index (χ0v) is 21.4. The Bertz CT molecular complexity index is 1370. The number of piperazine rings is 1. The number of anilines is 3. The maximum absolute atomic E-state index is 13.4. The summed E-state index contributed by atoms with van der Waals surface area (Å²) in [6, 6.07) is 2.56. The van der Waals surface area contributed by atoms with Gasteiger partial charge in [-0.15, -0.1) is 0 Å². The van der Waals surface area contributed by atoms with Gasteiger partial charge in [0, 0.05) is 49.9 Å². The molecule has 194 valence electrons. The van der Waals surface area contributed by atoms with E-state index in [1.165, 1.54) is 6.92 Å². The van der Waals surface area contributed by atoms with E-state index >= 15 is 0 Å². The largest absolute Gasteiger partial charge is 0.378 e. The predicted molar refractivity (Wildman–Crippen MR) is 142 cm³/mol. The van der Waals surface area contributed by atoms with E-state index in [-0.39, 0.29) is 22.9 Å². The fraction of sp³-hybridized carbons (Fsp3) is 0.519. The van der Waals surface area contributed by atoms with Crippen LogP contribution in [0.4, 0.5) is 17.5 Å². The van der Waals surface area contributed by atoms with Crippen molar-refractivity contribution in [3.05, 3.63) is 46.1 Å². The second-order valence-electron chi connectivity index (χ2n) is 10.4. The van der Waals surface area contributed by atoms with E-state index in [1.54, 1.807) is 18.6 Å². The molecular weight excluding hydrogens is 470 g/mol. The van der Waals surface area contributed by atoms with Gasteiger partial charge in [-0.3, -0.25) is 14.5 Å². The molecule has 3 aromatic heterocycles. The normalized spacial score (nSPS) is 19.4. The van der Waals surface area contributed by atoms with E-state index in [0.29, 0.717) is 23.2 Å². The first kappa shape index (κ1) is 24.0. The second kappa shape index (κ2) is 9.83. The van der Waals surface area contributed by atoms with E-state index in [0.717, 1.165) is 81.8 Å². The van der Waals surface area contributed by atoms with Crippen molar-refractivity contribution in [3.8, 4) is 0 Å². The quantitative estimate of drug-likeness (QED) is 0.508. The van der Waals surface area contributed by atoms with Gasteiger partial charge in [0.25, 0.3) is 5.56 Å². The third kappa shape index (κ3) is 4.48. The number of carbonyl (C=O) groups is 1. The fourth-order valence-corrected chi connectivity index (χ4v) is 5.90. The Morgan fingerprint density at radius 3 is 2.32 bits per heavy atom. The number of nitrogens with one attached hydrogen (secondary N) is 1. The van der Waals surface area contributed by atoms with E-state index in [4.69, 9.17) is 4.74 Å². The second-order valence-corrected chi connectivity index (χ2v) is 10.4. The predicted octanol–water partition coefficient (Wildman–Crippen LogP) is 3.08. The average Bonchev–Trinajstić information content (AvgIpc) is 3.38. The Kier molecular flexibility index (Phi) is 6.37. The van der Waals surface area contributed by atoms with Crippen LogP contribution in [0.3, 0.4) is 0 Å². The molecule has 0 bridgehead atoms. The number of ether oxygens (including phenoxy) is 1. The lowest BCUT2D eigenvalue weighted by Crippen LogP contribution is -2.56. The maximum atomic E-state index is 13.4. The Hall–Kier alpha value is -3.37. The zero-order valence-electron chi connectivity index (χ0n) is 21.4. The summed E-state index contributed by atoms with van der Waals surface area (Å²) in [7, 11) is 0. The van der Waals surface area contributed by atoms with Gasteiger partial charge in [-0.2, -0.15) is 0 Å². The van der Waals surface area contributed by atoms with Gasteiger partial charge in [0.05, 0.1) is 42.7 Å². The van der Waals surface area contributed by atoms with Crippen LogP contribution in [0.1, 0.15) is 54.6 Å². The summed E-state index contributed by atoms with van der Waals surface area (Å²) in [6.45, 7) is 8.83. The number of fused-ring (bicyclic) bond motifs is 1. The molecule has 0 radical (unpaired) electrons. The van der Waals surface area contributed by atoms with Gasteiger partial charge in [0.1, 0.15) is 17.5 Å². The standard InChI is InChI=1S/C27H33N7O3/c1-17-21-12-28-23(11-22(21)34(19-5-3-4-6-19)27(36)26(17)18(2)35)31-24-13-30-25(14-29-24)33-9-7-32(8-10-33)20-15-37-16-20/h11-14,19-20H,3-10,15-16H2,1-2H3,(H,28,29,31). The first-order valence-electron chi connectivity index (χ1n) is 13.2. The van der Waals surface area contributed by atoms with Gasteiger partial charge in [-0.1, -0.05) is 12.8 Å². The lowest BCUT2D eigenvalue weighted by molar-refractivity contribution is -0.0661. The molecule has 10 heteroatoms. The highest BCUT2D eigenvalue weighted by molar-refractivity contribution is 6.00. The topological polar surface area (TPSA) is 105 Å². The lowest BCUT2D eigenvalue weighted by Gasteiger charge is -2.42. The molecule has 1 saturated carbocycles. The number of hydrogen-bond acceptors (Lipinski definition) is 9. The van der Waals surface area contributed by atoms with Gasteiger partial charge in [0.15, 0.2) is 5.78 Å². The van der Waals surface area contributed by atoms with Crippen LogP contribution in [0.5, 0.6) is 0 Å². The van der Waals surface area contributed by atoms with E-state index in [2.05, 4.69) is 30.1 Å². The molecule has 2 saturated heterocycles. The number of aryl methyl sites for hydroxylation is 1. The Labute approximate surface area is 215 Å². The Balaban J connectivity index is 1.24. The van der Waals surface area contributed by atoms with Crippen molar-refractivity contribution in [2.45, 2.75) is 51.6 Å². The van der Waals surface area contributed by atoms with E-state index in [9.17, 15) is 9.59 Å². The molecule has 2 aliphatic heterocycles. The molecule has 1 N–H and O–H groups in total. The van der Waals surface area contributed by atoms with Crippen molar-refractivity contribution < 1.29 is 9.53 Å². The molecule has 6 rings (SSSR count). The molecule has 0 amide bonds. The summed E-state index contributed by atoms with van der Waals surface area (Å²) in [5.74, 6) is 1.84. The van der Waals surface area contributed by atoms with Crippen LogP contribution in [-0.2, 0) is 4.74 Å². The third-order valence-corrected chi connectivity index (χ3v) is 8.06. The SMILES string of the molecule is CC(=O)c1c(C)c2cnc(Nc3cnc(N4CCN(C5COC5)CC4)cn3)cc2n(C2CCCC2)c1=O. The van der Waals surface area contributed by atoms with Crippen molar-refractivity contribution in [3.63, 3.8) is 0 Å². The summed E-state index contributed by atoms with van der Waals surface area (Å²) in [4.78, 5) is 44.3. The number of aromatic nitrogens is 4. The number of carbonyl (C=O) groups excluding carboxylic acids is 1. The van der Waals surface area contributed by atoms with Crippen LogP contribution in [0.2, 0.25) is 0 Å². The molecule has 0 unspecified atom stereocenters. The molecule has 3 aromatic rings. The van der Waals surface area contributed by atoms with Crippen molar-refractivity contribution in [1.29, 1.82) is 0 Å². The number of pyridine rings is 2. The van der Waals surface area contributed by atoms with Crippen molar-refractivity contribution in [2.24, 2.45) is 0 Å². The van der Waals surface area contributed by atoms with Crippen LogP contribution < -0.4 is 15.8 Å². The highest BCUT2D eigenvalue weighted by atomic mass is 16.5. The van der Waals surface area contributed by atoms with Gasteiger partial charge in [0.2, 0.25) is 0 Å². The third-order valence-electron chi connectivity index (χ3n) is 8.06. The number of ketones is 1. The Morgan fingerprint density at radius 1 is 0.973 bits per heavy atom. The first-order valence-corrected chi connectivity index (χ1v) is 13.2. The van der Waals surface area contributed by atoms with Gasteiger partial charge in [-0.25, -0.2) is 15.0 Å². The van der Waals surface area contributed by atoms with Gasteiger partial charge >= 0.3 is 0 Å². The lowest BCUT2D eigenvalue weighted by atomic mass is 10.0. The minimum Gasteiger partial charge on any atom is -0.378 e. The zero-order chi connectivity index (χ0) is 25.5. The molecule has 1 aliphatic carbocycles. The van der Waals surface area contributed by atoms with Crippen molar-refractivity contribution >= 4 is 34.1 Å². The van der Waals surface area contributed by atoms with Crippen molar-refractivity contribution in [1.82, 2.24) is 24.4 Å². The fourth-order valence-electron chi connectivity index (χ4n) is 5.90. The van der Waals surface area contributed by atoms with Crippen LogP contribution >= 0.6 is 0 Å². The molecule has 37 heavy (non-hydrogen) atoms. The summed E-state index contributed by atoms with van der Waals surface area (Å²) < 4.78 is 7.15. The minimum atomic E-state index is -0.202. The van der Waals surface area contributed by atoms with E-state index in [1.807, 2.05) is 17.6 Å². The average molecular weight is 504 g/mol. The molecule has 3 aliphatic rings. The van der Waals surface area contributed by atoms with Crippen LogP contribution in [0.15, 0.2) is 29.5 Å². The molecule has 0 spiro atoms. The smallest absolute Gasteiger partial charge is 0.262 e. The van der Waals surface area contributed by atoms with Gasteiger partial charge in [-0.05, 0) is 32.3 Å². The maximum Gasteiger partial charge on any atom is 0.262 e. The summed E-state index contributed by atoms with van der Waals surface area (Å²) >= 11 is 0. The molecule has 5 heterocycles. The Morgan fingerprint density at radius 2 is 1.70 bits per heavy atom. The molecule has 3 fully saturated rings. The number of Topliss-reactive ketones (excluding diaryl/α,β-unsaturated/α-hetero) is 1. The van der Waals surface area contributed by atoms with Gasteiger partial charge < -0.3 is 19.5 Å². The monoisotopic (exact) mass is 503 g/mol. The molecule has 0 aromatic carbocycles.